The van der Waals surface area contributed by atoms with Gasteiger partial charge in [-0.3, -0.25) is 0 Å². The quantitative estimate of drug-likeness (QED) is 0.539. The van der Waals surface area contributed by atoms with Crippen molar-refractivity contribution < 1.29 is 4.74 Å². The van der Waals surface area contributed by atoms with E-state index in [4.69, 9.17) is 17.0 Å². The number of rotatable bonds is 1. The average molecular weight is 157 g/mol. The van der Waals surface area contributed by atoms with E-state index < -0.39 is 0 Å². The highest BCUT2D eigenvalue weighted by Gasteiger charge is 2.31. The van der Waals surface area contributed by atoms with E-state index in [9.17, 15) is 0 Å². The number of methoxy groups -OCH3 is 1. The molecule has 1 rings (SSSR count). The van der Waals surface area contributed by atoms with Gasteiger partial charge in [-0.05, 0) is 26.2 Å². The molecular weight excluding hydrogens is 144 g/mol. The second kappa shape index (κ2) is 2.97. The van der Waals surface area contributed by atoms with Crippen molar-refractivity contribution in [2.45, 2.75) is 31.8 Å². The molecule has 1 saturated carbocycles. The second-order valence-electron chi connectivity index (χ2n) is 2.90. The summed E-state index contributed by atoms with van der Waals surface area (Å²) in [5.41, 5.74) is -0.145. The zero-order chi connectivity index (χ0) is 7.61. The first kappa shape index (κ1) is 8.15. The van der Waals surface area contributed by atoms with Crippen LogP contribution in [0.4, 0.5) is 0 Å². The van der Waals surface area contributed by atoms with Gasteiger partial charge in [0.25, 0.3) is 0 Å². The monoisotopic (exact) mass is 157 g/mol. The summed E-state index contributed by atoms with van der Waals surface area (Å²) in [6.07, 6.45) is 5.49. The lowest BCUT2D eigenvalue weighted by Gasteiger charge is -2.32. The van der Waals surface area contributed by atoms with Crippen LogP contribution in [0.2, 0.25) is 0 Å². The SMILES string of the molecule is COC1(C)CCC[CH]C1=S. The van der Waals surface area contributed by atoms with Gasteiger partial charge < -0.3 is 4.74 Å². The van der Waals surface area contributed by atoms with Crippen LogP contribution < -0.4 is 0 Å². The molecular formula is C8H13OS. The van der Waals surface area contributed by atoms with Crippen LogP contribution in [0.3, 0.4) is 0 Å². The van der Waals surface area contributed by atoms with Gasteiger partial charge >= 0.3 is 0 Å². The molecule has 0 aromatic carbocycles. The highest BCUT2D eigenvalue weighted by molar-refractivity contribution is 7.80. The van der Waals surface area contributed by atoms with Gasteiger partial charge in [-0.25, -0.2) is 0 Å². The van der Waals surface area contributed by atoms with Crippen molar-refractivity contribution in [2.75, 3.05) is 7.11 Å². The van der Waals surface area contributed by atoms with Crippen molar-refractivity contribution in [1.29, 1.82) is 0 Å². The zero-order valence-electron chi connectivity index (χ0n) is 6.52. The maximum atomic E-state index is 5.32. The molecule has 0 aromatic heterocycles. The number of ether oxygens (including phenoxy) is 1. The third-order valence-electron chi connectivity index (χ3n) is 2.16. The summed E-state index contributed by atoms with van der Waals surface area (Å²) in [6, 6.07) is 0. The summed E-state index contributed by atoms with van der Waals surface area (Å²) in [6.45, 7) is 2.06. The molecule has 1 unspecified atom stereocenters. The fourth-order valence-electron chi connectivity index (χ4n) is 1.21. The minimum atomic E-state index is -0.145. The predicted molar refractivity (Wildman–Crippen MR) is 46.2 cm³/mol. The number of thiocarbonyl (C=S) groups is 1. The summed E-state index contributed by atoms with van der Waals surface area (Å²) in [7, 11) is 1.73. The van der Waals surface area contributed by atoms with Crippen LogP contribution in [-0.2, 0) is 4.74 Å². The van der Waals surface area contributed by atoms with Crippen molar-refractivity contribution >= 4 is 17.1 Å². The average Bonchev–Trinajstić information content (AvgIpc) is 1.96. The molecule has 10 heavy (non-hydrogen) atoms. The Kier molecular flexibility index (Phi) is 2.42. The van der Waals surface area contributed by atoms with Gasteiger partial charge in [-0.15, -0.1) is 0 Å². The fraction of sp³-hybridized carbons (Fsp3) is 0.750. The van der Waals surface area contributed by atoms with Crippen molar-refractivity contribution in [1.82, 2.24) is 0 Å². The summed E-state index contributed by atoms with van der Waals surface area (Å²) in [5.74, 6) is 0. The largest absolute Gasteiger partial charge is 0.373 e. The molecule has 1 radical (unpaired) electrons. The molecule has 0 amide bonds. The van der Waals surface area contributed by atoms with Gasteiger partial charge in [-0.2, -0.15) is 0 Å². The number of hydrogen-bond acceptors (Lipinski definition) is 2. The third-order valence-corrected chi connectivity index (χ3v) is 2.76. The summed E-state index contributed by atoms with van der Waals surface area (Å²) in [5, 5.41) is 0. The topological polar surface area (TPSA) is 9.23 Å². The summed E-state index contributed by atoms with van der Waals surface area (Å²) in [4.78, 5) is 0.973. The Morgan fingerprint density at radius 1 is 1.70 bits per heavy atom. The molecule has 0 bridgehead atoms. The van der Waals surface area contributed by atoms with Crippen molar-refractivity contribution in [3.05, 3.63) is 6.42 Å². The molecule has 1 aliphatic rings. The van der Waals surface area contributed by atoms with Crippen molar-refractivity contribution in [3.63, 3.8) is 0 Å². The lowest BCUT2D eigenvalue weighted by atomic mass is 9.86. The van der Waals surface area contributed by atoms with E-state index in [-0.39, 0.29) is 5.60 Å². The van der Waals surface area contributed by atoms with Crippen LogP contribution in [0.5, 0.6) is 0 Å². The van der Waals surface area contributed by atoms with Gasteiger partial charge in [0.1, 0.15) is 0 Å². The standard InChI is InChI=1S/C8H13OS/c1-8(9-2)6-4-3-5-7(8)10/h5H,3-4,6H2,1-2H3. The molecule has 2 heteroatoms. The van der Waals surface area contributed by atoms with E-state index >= 15 is 0 Å². The van der Waals surface area contributed by atoms with E-state index in [0.29, 0.717) is 0 Å². The van der Waals surface area contributed by atoms with Gasteiger partial charge in [-0.1, -0.05) is 12.2 Å². The lowest BCUT2D eigenvalue weighted by molar-refractivity contribution is 0.0553. The Labute approximate surface area is 67.8 Å². The smallest absolute Gasteiger partial charge is 0.0964 e. The molecule has 57 valence electrons. The first-order valence-corrected chi connectivity index (χ1v) is 4.03. The maximum Gasteiger partial charge on any atom is 0.0964 e. The van der Waals surface area contributed by atoms with Crippen LogP contribution in [0, 0.1) is 6.42 Å². The van der Waals surface area contributed by atoms with E-state index in [1.54, 1.807) is 7.11 Å². The zero-order valence-corrected chi connectivity index (χ0v) is 7.33. The van der Waals surface area contributed by atoms with Gasteiger partial charge in [0.15, 0.2) is 0 Å². The summed E-state index contributed by atoms with van der Waals surface area (Å²) < 4.78 is 5.32. The van der Waals surface area contributed by atoms with Gasteiger partial charge in [0, 0.05) is 18.4 Å². The lowest BCUT2D eigenvalue weighted by Crippen LogP contribution is -2.38. The molecule has 1 fully saturated rings. The molecule has 0 aromatic rings. The van der Waals surface area contributed by atoms with E-state index in [1.807, 2.05) is 0 Å². The minimum absolute atomic E-state index is 0.145. The molecule has 1 atom stereocenters. The van der Waals surface area contributed by atoms with Crippen molar-refractivity contribution in [3.8, 4) is 0 Å². The third kappa shape index (κ3) is 1.38. The van der Waals surface area contributed by atoms with Crippen LogP contribution in [0.15, 0.2) is 0 Å². The first-order valence-electron chi connectivity index (χ1n) is 3.62. The molecule has 0 aliphatic heterocycles. The predicted octanol–water partition coefficient (Wildman–Crippen LogP) is 2.15. The molecule has 0 spiro atoms. The molecule has 0 saturated heterocycles. The Morgan fingerprint density at radius 2 is 2.40 bits per heavy atom. The van der Waals surface area contributed by atoms with Crippen LogP contribution in [0.1, 0.15) is 26.2 Å². The molecule has 0 N–H and O–H groups in total. The van der Waals surface area contributed by atoms with Crippen LogP contribution in [0.25, 0.3) is 0 Å². The molecule has 1 nitrogen and oxygen atoms in total. The maximum absolute atomic E-state index is 5.32. The Morgan fingerprint density at radius 3 is 2.80 bits per heavy atom. The van der Waals surface area contributed by atoms with E-state index in [0.717, 1.165) is 17.7 Å². The van der Waals surface area contributed by atoms with Crippen molar-refractivity contribution in [2.24, 2.45) is 0 Å². The van der Waals surface area contributed by atoms with E-state index in [2.05, 4.69) is 13.3 Å². The Hall–Kier alpha value is 0.0500. The first-order chi connectivity index (χ1) is 4.69. The fourth-order valence-corrected chi connectivity index (χ4v) is 1.52. The van der Waals surface area contributed by atoms with Gasteiger partial charge in [0.05, 0.1) is 5.60 Å². The normalized spacial score (nSPS) is 34.4. The Bertz CT molecular complexity index is 144. The van der Waals surface area contributed by atoms with Crippen LogP contribution >= 0.6 is 12.2 Å². The minimum Gasteiger partial charge on any atom is -0.373 e. The second-order valence-corrected chi connectivity index (χ2v) is 3.34. The summed E-state index contributed by atoms with van der Waals surface area (Å²) >= 11 is 5.16. The molecule has 0 heterocycles. The molecule has 1 aliphatic carbocycles. The Balaban J connectivity index is 2.63. The highest BCUT2D eigenvalue weighted by Crippen LogP contribution is 2.27. The number of hydrogen-bond donors (Lipinski definition) is 0. The van der Waals surface area contributed by atoms with Gasteiger partial charge in [0.2, 0.25) is 0 Å². The van der Waals surface area contributed by atoms with Crippen LogP contribution in [-0.4, -0.2) is 17.6 Å². The van der Waals surface area contributed by atoms with E-state index in [1.165, 1.54) is 6.42 Å². The highest BCUT2D eigenvalue weighted by atomic mass is 32.1.